The van der Waals surface area contributed by atoms with Gasteiger partial charge in [0.2, 0.25) is 0 Å². The molecule has 0 amide bonds. The number of nitriles is 1. The minimum absolute atomic E-state index is 0.0552. The molecule has 2 heterocycles. The van der Waals surface area contributed by atoms with Crippen molar-refractivity contribution in [3.63, 3.8) is 0 Å². The van der Waals surface area contributed by atoms with E-state index in [1.165, 1.54) is 6.20 Å². The lowest BCUT2D eigenvalue weighted by atomic mass is 10.1. The highest BCUT2D eigenvalue weighted by atomic mass is 16.5. The van der Waals surface area contributed by atoms with Crippen molar-refractivity contribution in [3.05, 3.63) is 24.0 Å². The van der Waals surface area contributed by atoms with Crippen molar-refractivity contribution in [1.82, 2.24) is 14.7 Å². The average molecular weight is 317 g/mol. The summed E-state index contributed by atoms with van der Waals surface area (Å²) in [6, 6.07) is 4.02. The molecule has 7 heteroatoms. The Morgan fingerprint density at radius 3 is 2.87 bits per heavy atom. The molecule has 1 aromatic heterocycles. The van der Waals surface area contributed by atoms with Gasteiger partial charge >= 0.3 is 5.97 Å². The zero-order chi connectivity index (χ0) is 16.7. The Hall–Kier alpha value is -2.33. The van der Waals surface area contributed by atoms with Gasteiger partial charge in [0.25, 0.3) is 0 Å². The minimum atomic E-state index is -0.621. The summed E-state index contributed by atoms with van der Waals surface area (Å²) in [4.78, 5) is 14.0. The molecule has 0 saturated carbocycles. The highest BCUT2D eigenvalue weighted by molar-refractivity contribution is 5.93. The van der Waals surface area contributed by atoms with Gasteiger partial charge in [-0.05, 0) is 26.3 Å². The number of carbonyl (C=O) groups is 1. The number of anilines is 1. The summed E-state index contributed by atoms with van der Waals surface area (Å²) in [5.41, 5.74) is -0.0552. The molecule has 0 spiro atoms. The number of esters is 1. The molecule has 1 aromatic rings. The van der Waals surface area contributed by atoms with Gasteiger partial charge < -0.3 is 15.0 Å². The van der Waals surface area contributed by atoms with E-state index in [-0.39, 0.29) is 12.2 Å². The molecule has 2 rings (SSSR count). The summed E-state index contributed by atoms with van der Waals surface area (Å²) in [7, 11) is 0. The number of hydrogen-bond acceptors (Lipinski definition) is 6. The molecule has 0 unspecified atom stereocenters. The fraction of sp³-hybridized carbons (Fsp3) is 0.562. The maximum atomic E-state index is 11.6. The molecule has 1 aliphatic heterocycles. The third kappa shape index (κ3) is 4.33. The molecule has 0 radical (unpaired) electrons. The number of aromatic nitrogens is 2. The van der Waals surface area contributed by atoms with E-state index in [0.717, 1.165) is 38.3 Å². The van der Waals surface area contributed by atoms with E-state index in [0.29, 0.717) is 6.04 Å². The van der Waals surface area contributed by atoms with E-state index in [2.05, 4.69) is 22.2 Å². The first-order chi connectivity index (χ1) is 11.2. The molecule has 124 valence electrons. The Bertz CT molecular complexity index is 594. The maximum absolute atomic E-state index is 11.6. The van der Waals surface area contributed by atoms with Crippen LogP contribution in [0, 0.1) is 11.3 Å². The monoisotopic (exact) mass is 317 g/mol. The number of nitrogens with one attached hydrogen (secondary N) is 1. The highest BCUT2D eigenvalue weighted by Crippen LogP contribution is 2.25. The lowest BCUT2D eigenvalue weighted by Crippen LogP contribution is -2.34. The fourth-order valence-electron chi connectivity index (χ4n) is 2.69. The molecule has 1 aliphatic rings. The predicted molar refractivity (Wildman–Crippen MR) is 86.6 cm³/mol. The van der Waals surface area contributed by atoms with Gasteiger partial charge in [-0.15, -0.1) is 0 Å². The van der Waals surface area contributed by atoms with Crippen LogP contribution < -0.4 is 5.32 Å². The summed E-state index contributed by atoms with van der Waals surface area (Å²) in [6.45, 7) is 7.31. The Morgan fingerprint density at radius 1 is 1.52 bits per heavy atom. The van der Waals surface area contributed by atoms with Gasteiger partial charge in [0, 0.05) is 25.4 Å². The van der Waals surface area contributed by atoms with Crippen LogP contribution in [0.25, 0.3) is 0 Å². The topological polar surface area (TPSA) is 83.2 Å². The maximum Gasteiger partial charge on any atom is 0.350 e. The summed E-state index contributed by atoms with van der Waals surface area (Å²) in [5, 5.41) is 16.4. The van der Waals surface area contributed by atoms with Crippen LogP contribution in [0.4, 0.5) is 5.82 Å². The third-order valence-corrected chi connectivity index (χ3v) is 4.00. The summed E-state index contributed by atoms with van der Waals surface area (Å²) in [5.74, 6) is 0.154. The number of nitrogens with zero attached hydrogens (tertiary/aromatic N) is 4. The second-order valence-electron chi connectivity index (χ2n) is 5.36. The number of ether oxygens (including phenoxy) is 1. The van der Waals surface area contributed by atoms with E-state index in [1.807, 2.05) is 16.8 Å². The molecule has 0 atom stereocenters. The second-order valence-corrected chi connectivity index (χ2v) is 5.36. The van der Waals surface area contributed by atoms with Gasteiger partial charge in [0.15, 0.2) is 5.57 Å². The van der Waals surface area contributed by atoms with Gasteiger partial charge in [-0.25, -0.2) is 9.48 Å². The van der Waals surface area contributed by atoms with Gasteiger partial charge in [-0.3, -0.25) is 0 Å². The summed E-state index contributed by atoms with van der Waals surface area (Å²) < 4.78 is 6.77. The number of rotatable bonds is 6. The Labute approximate surface area is 136 Å². The zero-order valence-corrected chi connectivity index (χ0v) is 13.7. The quantitative estimate of drug-likeness (QED) is 0.490. The SMILES string of the molecule is CCOC(=O)/C(C#N)=C/Nc1ccnn1C1CCN(CC)CC1. The normalized spacial score (nSPS) is 16.8. The first-order valence-corrected chi connectivity index (χ1v) is 7.99. The van der Waals surface area contributed by atoms with Crippen molar-refractivity contribution in [1.29, 1.82) is 5.26 Å². The molecule has 0 aromatic carbocycles. The molecule has 0 aliphatic carbocycles. The highest BCUT2D eigenvalue weighted by Gasteiger charge is 2.21. The Kier molecular flexibility index (Phi) is 6.18. The largest absolute Gasteiger partial charge is 0.462 e. The Balaban J connectivity index is 2.04. The zero-order valence-electron chi connectivity index (χ0n) is 13.7. The van der Waals surface area contributed by atoms with Crippen LogP contribution in [0.2, 0.25) is 0 Å². The van der Waals surface area contributed by atoms with Crippen LogP contribution in [0.1, 0.15) is 32.7 Å². The summed E-state index contributed by atoms with van der Waals surface area (Å²) in [6.07, 6.45) is 5.18. The van der Waals surface area contributed by atoms with Crippen molar-refractivity contribution < 1.29 is 9.53 Å². The number of likely N-dealkylation sites (tertiary alicyclic amines) is 1. The predicted octanol–water partition coefficient (Wildman–Crippen LogP) is 1.92. The average Bonchev–Trinajstić information content (AvgIpc) is 3.04. The third-order valence-electron chi connectivity index (χ3n) is 4.00. The van der Waals surface area contributed by atoms with Crippen LogP contribution in [0.5, 0.6) is 0 Å². The number of carbonyl (C=O) groups excluding carboxylic acids is 1. The van der Waals surface area contributed by atoms with Gasteiger partial charge in [0.1, 0.15) is 11.9 Å². The lowest BCUT2D eigenvalue weighted by Gasteiger charge is -2.31. The van der Waals surface area contributed by atoms with Crippen molar-refractivity contribution in [3.8, 4) is 6.07 Å². The fourth-order valence-corrected chi connectivity index (χ4v) is 2.69. The van der Waals surface area contributed by atoms with E-state index in [4.69, 9.17) is 10.00 Å². The van der Waals surface area contributed by atoms with E-state index >= 15 is 0 Å². The lowest BCUT2D eigenvalue weighted by molar-refractivity contribution is -0.138. The standard InChI is InChI=1S/C16H23N5O2/c1-3-20-9-6-14(7-10-20)21-15(5-8-19-21)18-12-13(11-17)16(22)23-4-2/h5,8,12,14,18H,3-4,6-7,9-10H2,1-2H3/b13-12+. The van der Waals surface area contributed by atoms with Crippen molar-refractivity contribution in [2.45, 2.75) is 32.7 Å². The molecular weight excluding hydrogens is 294 g/mol. The number of hydrogen-bond donors (Lipinski definition) is 1. The minimum Gasteiger partial charge on any atom is -0.462 e. The molecule has 1 fully saturated rings. The van der Waals surface area contributed by atoms with Crippen molar-refractivity contribution in [2.24, 2.45) is 0 Å². The summed E-state index contributed by atoms with van der Waals surface area (Å²) >= 11 is 0. The van der Waals surface area contributed by atoms with E-state index in [1.54, 1.807) is 13.1 Å². The first kappa shape index (κ1) is 17.0. The van der Waals surface area contributed by atoms with Crippen LogP contribution >= 0.6 is 0 Å². The molecule has 0 bridgehead atoms. The molecular formula is C16H23N5O2. The van der Waals surface area contributed by atoms with Crippen LogP contribution in [-0.2, 0) is 9.53 Å². The van der Waals surface area contributed by atoms with Crippen LogP contribution in [0.3, 0.4) is 0 Å². The molecule has 7 nitrogen and oxygen atoms in total. The Morgan fingerprint density at radius 2 is 2.26 bits per heavy atom. The number of piperidine rings is 1. The van der Waals surface area contributed by atoms with Crippen LogP contribution in [-0.4, -0.2) is 46.9 Å². The molecule has 1 N–H and O–H groups in total. The van der Waals surface area contributed by atoms with Crippen LogP contribution in [0.15, 0.2) is 24.0 Å². The smallest absolute Gasteiger partial charge is 0.350 e. The second kappa shape index (κ2) is 8.34. The van der Waals surface area contributed by atoms with Gasteiger partial charge in [0.05, 0.1) is 18.8 Å². The van der Waals surface area contributed by atoms with Gasteiger partial charge in [-0.2, -0.15) is 10.4 Å². The van der Waals surface area contributed by atoms with E-state index < -0.39 is 5.97 Å². The van der Waals surface area contributed by atoms with Crippen molar-refractivity contribution >= 4 is 11.8 Å². The molecule has 23 heavy (non-hydrogen) atoms. The molecule has 1 saturated heterocycles. The first-order valence-electron chi connectivity index (χ1n) is 7.99. The van der Waals surface area contributed by atoms with Gasteiger partial charge in [-0.1, -0.05) is 6.92 Å². The van der Waals surface area contributed by atoms with E-state index in [9.17, 15) is 4.79 Å². The van der Waals surface area contributed by atoms with Crippen molar-refractivity contribution in [2.75, 3.05) is 31.6 Å².